The van der Waals surface area contributed by atoms with Crippen LogP contribution in [0, 0.1) is 9.81 Å². The lowest BCUT2D eigenvalue weighted by atomic mass is 10.2. The van der Waals surface area contributed by atoms with Crippen molar-refractivity contribution >= 4 is 17.1 Å². The highest BCUT2D eigenvalue weighted by Crippen LogP contribution is 2.27. The fourth-order valence-electron chi connectivity index (χ4n) is 1.19. The standard InChI is InChI=1S/C9H13N3O2/c1-10-8-5-4-7(11(2)13)6-9(8)12(3)14/h4-6,10H,1-3H3/q+2. The average Bonchev–Trinajstić information content (AvgIpc) is 2.16. The van der Waals surface area contributed by atoms with Gasteiger partial charge in [-0.1, -0.05) is 0 Å². The van der Waals surface area contributed by atoms with Crippen LogP contribution in [-0.2, 0) is 0 Å². The quantitative estimate of drug-likeness (QED) is 0.748. The van der Waals surface area contributed by atoms with Gasteiger partial charge >= 0.3 is 0 Å². The molecular formula is C9H13N3O2+2. The second kappa shape index (κ2) is 3.95. The maximum Gasteiger partial charge on any atom is 0.285 e. The molecule has 5 heteroatoms. The van der Waals surface area contributed by atoms with Crippen LogP contribution in [0.15, 0.2) is 18.2 Å². The first-order valence-electron chi connectivity index (χ1n) is 4.19. The lowest BCUT2D eigenvalue weighted by Crippen LogP contribution is -1.99. The Hall–Kier alpha value is -1.78. The van der Waals surface area contributed by atoms with E-state index in [1.807, 2.05) is 0 Å². The molecule has 0 aliphatic carbocycles. The number of anilines is 1. The molecule has 0 saturated heterocycles. The van der Waals surface area contributed by atoms with Crippen molar-refractivity contribution in [2.75, 3.05) is 26.5 Å². The molecule has 1 N–H and O–H groups in total. The van der Waals surface area contributed by atoms with Crippen molar-refractivity contribution in [2.24, 2.45) is 0 Å². The van der Waals surface area contributed by atoms with E-state index in [1.165, 1.54) is 14.1 Å². The summed E-state index contributed by atoms with van der Waals surface area (Å²) in [5, 5.41) is 2.88. The normalized spacial score (nSPS) is 9.64. The van der Waals surface area contributed by atoms with Crippen LogP contribution in [0.1, 0.15) is 0 Å². The Labute approximate surface area is 81.9 Å². The first kappa shape index (κ1) is 10.3. The Morgan fingerprint density at radius 1 is 1.14 bits per heavy atom. The van der Waals surface area contributed by atoms with E-state index in [-0.39, 0.29) is 0 Å². The van der Waals surface area contributed by atoms with Gasteiger partial charge in [0.25, 0.3) is 11.4 Å². The van der Waals surface area contributed by atoms with E-state index in [2.05, 4.69) is 5.32 Å². The summed E-state index contributed by atoms with van der Waals surface area (Å²) in [6.07, 6.45) is 0. The van der Waals surface area contributed by atoms with E-state index in [4.69, 9.17) is 0 Å². The molecule has 1 aromatic rings. The monoisotopic (exact) mass is 195 g/mol. The Morgan fingerprint density at radius 2 is 1.79 bits per heavy atom. The molecule has 14 heavy (non-hydrogen) atoms. The molecule has 0 radical (unpaired) electrons. The van der Waals surface area contributed by atoms with Gasteiger partial charge in [0.05, 0.1) is 6.07 Å². The molecule has 0 heterocycles. The van der Waals surface area contributed by atoms with Gasteiger partial charge in [-0.2, -0.15) is 0 Å². The Bertz CT molecular complexity index is 388. The minimum atomic E-state index is 0.452. The summed E-state index contributed by atoms with van der Waals surface area (Å²) in [7, 11) is 4.51. The number of nitrogens with zero attached hydrogens (tertiary/aromatic N) is 2. The molecule has 0 atom stereocenters. The Morgan fingerprint density at radius 3 is 2.21 bits per heavy atom. The molecule has 0 fully saturated rings. The summed E-state index contributed by atoms with van der Waals surface area (Å²) in [6.45, 7) is 0. The number of nitrogens with one attached hydrogen (secondary N) is 1. The SMILES string of the molecule is CNc1ccc([N+](C)=O)cc1[N+](C)=O. The van der Waals surface area contributed by atoms with E-state index in [1.54, 1.807) is 25.2 Å². The van der Waals surface area contributed by atoms with Gasteiger partial charge in [-0.05, 0) is 6.07 Å². The van der Waals surface area contributed by atoms with Crippen molar-refractivity contribution in [1.29, 1.82) is 0 Å². The lowest BCUT2D eigenvalue weighted by molar-refractivity contribution is -0.436. The molecular weight excluding hydrogens is 182 g/mol. The molecule has 0 saturated carbocycles. The number of benzene rings is 1. The van der Waals surface area contributed by atoms with Gasteiger partial charge < -0.3 is 5.32 Å². The fraction of sp³-hybridized carbons (Fsp3) is 0.333. The maximum atomic E-state index is 11.2. The van der Waals surface area contributed by atoms with E-state index in [0.29, 0.717) is 21.8 Å². The Balaban J connectivity index is 3.27. The van der Waals surface area contributed by atoms with Crippen molar-refractivity contribution in [3.63, 3.8) is 0 Å². The molecule has 0 spiro atoms. The Kier molecular flexibility index (Phi) is 2.91. The minimum Gasteiger partial charge on any atom is -0.383 e. The van der Waals surface area contributed by atoms with Crippen LogP contribution >= 0.6 is 0 Å². The lowest BCUT2D eigenvalue weighted by Gasteiger charge is -1.99. The molecule has 0 bridgehead atoms. The third kappa shape index (κ3) is 1.93. The molecule has 74 valence electrons. The van der Waals surface area contributed by atoms with Crippen molar-refractivity contribution in [2.45, 2.75) is 0 Å². The predicted octanol–water partition coefficient (Wildman–Crippen LogP) is 1.81. The fourth-order valence-corrected chi connectivity index (χ4v) is 1.19. The number of hydrogen-bond donors (Lipinski definition) is 1. The number of nitroso groups, excluding NO2 is 2. The summed E-state index contributed by atoms with van der Waals surface area (Å²) in [4.78, 5) is 22.2. The molecule has 5 nitrogen and oxygen atoms in total. The van der Waals surface area contributed by atoms with Gasteiger partial charge in [0.1, 0.15) is 5.69 Å². The van der Waals surface area contributed by atoms with E-state index in [0.717, 1.165) is 4.76 Å². The van der Waals surface area contributed by atoms with Crippen LogP contribution in [0.3, 0.4) is 0 Å². The van der Waals surface area contributed by atoms with Crippen molar-refractivity contribution in [3.8, 4) is 0 Å². The maximum absolute atomic E-state index is 11.2. The zero-order chi connectivity index (χ0) is 10.7. The zero-order valence-electron chi connectivity index (χ0n) is 8.44. The van der Waals surface area contributed by atoms with Crippen molar-refractivity contribution < 1.29 is 9.52 Å². The highest BCUT2D eigenvalue weighted by Gasteiger charge is 2.19. The van der Waals surface area contributed by atoms with Crippen molar-refractivity contribution in [3.05, 3.63) is 28.0 Å². The van der Waals surface area contributed by atoms with Crippen LogP contribution in [-0.4, -0.2) is 30.7 Å². The average molecular weight is 195 g/mol. The van der Waals surface area contributed by atoms with Gasteiger partial charge in [-0.15, -0.1) is 0 Å². The molecule has 0 amide bonds. The second-order valence-electron chi connectivity index (χ2n) is 2.95. The molecule has 0 aromatic heterocycles. The van der Waals surface area contributed by atoms with E-state index < -0.39 is 0 Å². The summed E-state index contributed by atoms with van der Waals surface area (Å²) < 4.78 is 1.44. The molecule has 0 unspecified atom stereocenters. The molecule has 1 aromatic carbocycles. The highest BCUT2D eigenvalue weighted by molar-refractivity contribution is 5.64. The highest BCUT2D eigenvalue weighted by atomic mass is 16.3. The van der Waals surface area contributed by atoms with Crippen LogP contribution in [0.5, 0.6) is 0 Å². The smallest absolute Gasteiger partial charge is 0.285 e. The van der Waals surface area contributed by atoms with Gasteiger partial charge in [0.15, 0.2) is 14.1 Å². The van der Waals surface area contributed by atoms with Crippen LogP contribution < -0.4 is 5.32 Å². The molecule has 1 rings (SSSR count). The second-order valence-corrected chi connectivity index (χ2v) is 2.95. The van der Waals surface area contributed by atoms with Gasteiger partial charge in [-0.25, -0.2) is 0 Å². The summed E-state index contributed by atoms with van der Waals surface area (Å²) in [6, 6.07) is 4.91. The minimum absolute atomic E-state index is 0.452. The van der Waals surface area contributed by atoms with Crippen molar-refractivity contribution in [1.82, 2.24) is 0 Å². The largest absolute Gasteiger partial charge is 0.383 e. The zero-order valence-corrected chi connectivity index (χ0v) is 8.44. The molecule has 0 aliphatic heterocycles. The summed E-state index contributed by atoms with van der Waals surface area (Å²) in [5.74, 6) is 0. The predicted molar refractivity (Wildman–Crippen MR) is 54.4 cm³/mol. The first-order chi connectivity index (χ1) is 6.56. The topological polar surface area (TPSA) is 52.2 Å². The summed E-state index contributed by atoms with van der Waals surface area (Å²) in [5.41, 5.74) is 1.61. The van der Waals surface area contributed by atoms with Crippen LogP contribution in [0.25, 0.3) is 0 Å². The van der Waals surface area contributed by atoms with E-state index in [9.17, 15) is 9.81 Å². The van der Waals surface area contributed by atoms with Gasteiger partial charge in [0.2, 0.25) is 0 Å². The van der Waals surface area contributed by atoms with Crippen LogP contribution in [0.2, 0.25) is 0 Å². The third-order valence-electron chi connectivity index (χ3n) is 1.95. The van der Waals surface area contributed by atoms with E-state index >= 15 is 0 Å². The number of hydrogen-bond acceptors (Lipinski definition) is 3. The van der Waals surface area contributed by atoms with Crippen LogP contribution in [0.4, 0.5) is 17.1 Å². The first-order valence-corrected chi connectivity index (χ1v) is 4.19. The summed E-state index contributed by atoms with van der Waals surface area (Å²) >= 11 is 0. The van der Waals surface area contributed by atoms with Gasteiger partial charge in [0, 0.05) is 32.4 Å². The number of rotatable bonds is 3. The van der Waals surface area contributed by atoms with Gasteiger partial charge in [-0.3, -0.25) is 0 Å². The molecule has 0 aliphatic rings. The third-order valence-corrected chi connectivity index (χ3v) is 1.95.